The summed E-state index contributed by atoms with van der Waals surface area (Å²) in [6, 6.07) is 3.92. The zero-order valence-electron chi connectivity index (χ0n) is 8.90. The first-order valence-corrected chi connectivity index (χ1v) is 6.70. The van der Waals surface area contributed by atoms with E-state index in [0.717, 1.165) is 15.6 Å². The fourth-order valence-electron chi connectivity index (χ4n) is 1.31. The lowest BCUT2D eigenvalue weighted by Gasteiger charge is -2.01. The van der Waals surface area contributed by atoms with Crippen molar-refractivity contribution in [1.29, 1.82) is 0 Å². The Morgan fingerprint density at radius 1 is 1.50 bits per heavy atom. The van der Waals surface area contributed by atoms with E-state index in [2.05, 4.69) is 10.3 Å². The monoisotopic (exact) mass is 252 g/mol. The Hall–Kier alpha value is -1.20. The molecule has 0 aliphatic heterocycles. The molecule has 0 aromatic carbocycles. The quantitative estimate of drug-likeness (QED) is 0.907. The van der Waals surface area contributed by atoms with Crippen LogP contribution in [0.5, 0.6) is 0 Å². The molecule has 2 aromatic rings. The maximum atomic E-state index is 11.6. The van der Waals surface area contributed by atoms with Gasteiger partial charge in [-0.25, -0.2) is 4.98 Å². The van der Waals surface area contributed by atoms with Gasteiger partial charge in [-0.2, -0.15) is 0 Å². The number of nitrogens with zero attached hydrogens (tertiary/aromatic N) is 1. The van der Waals surface area contributed by atoms with Crippen molar-refractivity contribution in [2.45, 2.75) is 19.9 Å². The first-order valence-electron chi connectivity index (χ1n) is 4.94. The number of aryl methyl sites for hydroxylation is 1. The normalized spacial score (nSPS) is 10.3. The molecule has 0 atom stereocenters. The van der Waals surface area contributed by atoms with Crippen LogP contribution in [0.25, 0.3) is 0 Å². The van der Waals surface area contributed by atoms with Gasteiger partial charge in [0.1, 0.15) is 0 Å². The van der Waals surface area contributed by atoms with Gasteiger partial charge >= 0.3 is 0 Å². The summed E-state index contributed by atoms with van der Waals surface area (Å²) in [6.45, 7) is 2.48. The first-order chi connectivity index (χ1) is 7.74. The molecule has 2 aromatic heterocycles. The molecule has 16 heavy (non-hydrogen) atoms. The average Bonchev–Trinajstić information content (AvgIpc) is 2.87. The van der Waals surface area contributed by atoms with Crippen molar-refractivity contribution in [2.24, 2.45) is 0 Å². The fourth-order valence-corrected chi connectivity index (χ4v) is 2.63. The highest BCUT2D eigenvalue weighted by molar-refractivity contribution is 7.10. The second-order valence-electron chi connectivity index (χ2n) is 3.39. The van der Waals surface area contributed by atoms with Gasteiger partial charge in [-0.15, -0.1) is 22.7 Å². The lowest BCUT2D eigenvalue weighted by molar-refractivity contribution is -0.120. The Morgan fingerprint density at radius 3 is 3.00 bits per heavy atom. The van der Waals surface area contributed by atoms with Gasteiger partial charge in [0.15, 0.2) is 0 Å². The standard InChI is InChI=1S/C11H12N2OS2/c1-8-13-9(7-16-8)6-12-11(14)5-10-3-2-4-15-10/h2-4,7H,5-6H2,1H3,(H,12,14). The van der Waals surface area contributed by atoms with E-state index in [1.54, 1.807) is 22.7 Å². The molecule has 0 aliphatic rings. The van der Waals surface area contributed by atoms with Crippen molar-refractivity contribution in [1.82, 2.24) is 10.3 Å². The van der Waals surface area contributed by atoms with E-state index in [-0.39, 0.29) is 5.91 Å². The van der Waals surface area contributed by atoms with Crippen LogP contribution in [-0.4, -0.2) is 10.9 Å². The van der Waals surface area contributed by atoms with Crippen molar-refractivity contribution in [3.63, 3.8) is 0 Å². The molecule has 2 heterocycles. The third-order valence-corrected chi connectivity index (χ3v) is 3.75. The van der Waals surface area contributed by atoms with Crippen LogP contribution in [0.4, 0.5) is 0 Å². The van der Waals surface area contributed by atoms with Gasteiger partial charge in [0.2, 0.25) is 5.91 Å². The summed E-state index contributed by atoms with van der Waals surface area (Å²) in [6.07, 6.45) is 0.459. The van der Waals surface area contributed by atoms with Crippen LogP contribution in [0.15, 0.2) is 22.9 Å². The van der Waals surface area contributed by atoms with E-state index in [9.17, 15) is 4.79 Å². The number of thiazole rings is 1. The van der Waals surface area contributed by atoms with Crippen LogP contribution in [0.3, 0.4) is 0 Å². The molecular weight excluding hydrogens is 240 g/mol. The highest BCUT2D eigenvalue weighted by Crippen LogP contribution is 2.10. The van der Waals surface area contributed by atoms with E-state index < -0.39 is 0 Å². The smallest absolute Gasteiger partial charge is 0.225 e. The molecule has 0 bridgehead atoms. The van der Waals surface area contributed by atoms with Gasteiger partial charge < -0.3 is 5.32 Å². The molecule has 0 fully saturated rings. The van der Waals surface area contributed by atoms with Crippen LogP contribution in [0, 0.1) is 6.92 Å². The zero-order chi connectivity index (χ0) is 11.4. The van der Waals surface area contributed by atoms with Gasteiger partial charge in [-0.05, 0) is 18.4 Å². The van der Waals surface area contributed by atoms with E-state index in [1.807, 2.05) is 29.8 Å². The minimum absolute atomic E-state index is 0.0492. The van der Waals surface area contributed by atoms with Crippen LogP contribution in [0.1, 0.15) is 15.6 Å². The molecule has 0 radical (unpaired) electrons. The number of carbonyl (C=O) groups excluding carboxylic acids is 1. The number of nitrogens with one attached hydrogen (secondary N) is 1. The number of amides is 1. The number of aromatic nitrogens is 1. The maximum Gasteiger partial charge on any atom is 0.225 e. The number of hydrogen-bond donors (Lipinski definition) is 1. The van der Waals surface area contributed by atoms with E-state index >= 15 is 0 Å². The summed E-state index contributed by atoms with van der Waals surface area (Å²) in [5, 5.41) is 7.84. The molecule has 0 saturated carbocycles. The molecule has 1 amide bonds. The molecule has 3 nitrogen and oxygen atoms in total. The molecule has 0 spiro atoms. The number of carbonyl (C=O) groups is 1. The summed E-state index contributed by atoms with van der Waals surface area (Å²) < 4.78 is 0. The Labute approximate surface area is 102 Å². The minimum atomic E-state index is 0.0492. The molecule has 84 valence electrons. The number of hydrogen-bond acceptors (Lipinski definition) is 4. The predicted octanol–water partition coefficient (Wildman–Crippen LogP) is 2.37. The molecule has 0 saturated heterocycles. The Kier molecular flexibility index (Phi) is 3.69. The van der Waals surface area contributed by atoms with Gasteiger partial charge in [0.05, 0.1) is 23.7 Å². The minimum Gasteiger partial charge on any atom is -0.350 e. The van der Waals surface area contributed by atoms with Gasteiger partial charge in [-0.3, -0.25) is 4.79 Å². The van der Waals surface area contributed by atoms with Crippen LogP contribution >= 0.6 is 22.7 Å². The summed E-state index contributed by atoms with van der Waals surface area (Å²) in [4.78, 5) is 16.9. The molecule has 2 rings (SSSR count). The fraction of sp³-hybridized carbons (Fsp3) is 0.273. The van der Waals surface area contributed by atoms with E-state index in [4.69, 9.17) is 0 Å². The van der Waals surface area contributed by atoms with E-state index in [0.29, 0.717) is 13.0 Å². The van der Waals surface area contributed by atoms with Crippen LogP contribution in [-0.2, 0) is 17.8 Å². The molecule has 0 aliphatic carbocycles. The summed E-state index contributed by atoms with van der Waals surface area (Å²) in [5.74, 6) is 0.0492. The van der Waals surface area contributed by atoms with Crippen LogP contribution < -0.4 is 5.32 Å². The van der Waals surface area contributed by atoms with Crippen molar-refractivity contribution >= 4 is 28.6 Å². The van der Waals surface area contributed by atoms with Crippen LogP contribution in [0.2, 0.25) is 0 Å². The maximum absolute atomic E-state index is 11.6. The number of rotatable bonds is 4. The Balaban J connectivity index is 1.80. The Bertz CT molecular complexity index is 462. The summed E-state index contributed by atoms with van der Waals surface area (Å²) >= 11 is 3.20. The highest BCUT2D eigenvalue weighted by Gasteiger charge is 2.05. The van der Waals surface area contributed by atoms with Gasteiger partial charge in [-0.1, -0.05) is 6.07 Å². The highest BCUT2D eigenvalue weighted by atomic mass is 32.1. The van der Waals surface area contributed by atoms with Crippen molar-refractivity contribution in [3.8, 4) is 0 Å². The third-order valence-electron chi connectivity index (χ3n) is 2.05. The first kappa shape index (κ1) is 11.3. The third kappa shape index (κ3) is 3.15. The summed E-state index contributed by atoms with van der Waals surface area (Å²) in [7, 11) is 0. The molecule has 1 N–H and O–H groups in total. The lowest BCUT2D eigenvalue weighted by atomic mass is 10.3. The number of thiophene rings is 1. The SMILES string of the molecule is Cc1nc(CNC(=O)Cc2cccs2)cs1. The van der Waals surface area contributed by atoms with Crippen molar-refractivity contribution in [3.05, 3.63) is 38.5 Å². The van der Waals surface area contributed by atoms with Crippen molar-refractivity contribution < 1.29 is 4.79 Å². The molecular formula is C11H12N2OS2. The summed E-state index contributed by atoms with van der Waals surface area (Å²) in [5.41, 5.74) is 0.932. The van der Waals surface area contributed by atoms with E-state index in [1.165, 1.54) is 0 Å². The second-order valence-corrected chi connectivity index (χ2v) is 5.49. The van der Waals surface area contributed by atoms with Crippen molar-refractivity contribution in [2.75, 3.05) is 0 Å². The van der Waals surface area contributed by atoms with Gasteiger partial charge in [0.25, 0.3) is 0 Å². The predicted molar refractivity (Wildman–Crippen MR) is 66.7 cm³/mol. The average molecular weight is 252 g/mol. The topological polar surface area (TPSA) is 42.0 Å². The largest absolute Gasteiger partial charge is 0.350 e. The Morgan fingerprint density at radius 2 is 2.38 bits per heavy atom. The molecule has 5 heteroatoms. The zero-order valence-corrected chi connectivity index (χ0v) is 10.5. The second kappa shape index (κ2) is 5.23. The van der Waals surface area contributed by atoms with Gasteiger partial charge in [0, 0.05) is 10.3 Å². The molecule has 0 unspecified atom stereocenters. The lowest BCUT2D eigenvalue weighted by Crippen LogP contribution is -2.24.